The number of hydrogen-bond acceptors (Lipinski definition) is 2. The third-order valence-electron chi connectivity index (χ3n) is 2.89. The molecule has 2 fully saturated rings. The molecule has 2 heterocycles. The molecular formula is C10H17NO. The average Bonchev–Trinajstić information content (AvgIpc) is 2.42. The molecule has 0 aromatic carbocycles. The lowest BCUT2D eigenvalue weighted by Crippen LogP contribution is -2.34. The van der Waals surface area contributed by atoms with E-state index in [0.29, 0.717) is 0 Å². The second-order valence-electron chi connectivity index (χ2n) is 3.86. The van der Waals surface area contributed by atoms with E-state index in [0.717, 1.165) is 18.7 Å². The maximum Gasteiger partial charge on any atom is 0.0646 e. The highest BCUT2D eigenvalue weighted by atomic mass is 16.5. The zero-order chi connectivity index (χ0) is 8.39. The molecule has 2 aliphatic rings. The molecule has 2 aliphatic heterocycles. The zero-order valence-electron chi connectivity index (χ0n) is 7.68. The van der Waals surface area contributed by atoms with Gasteiger partial charge in [-0.25, -0.2) is 0 Å². The van der Waals surface area contributed by atoms with E-state index < -0.39 is 0 Å². The van der Waals surface area contributed by atoms with Crippen molar-refractivity contribution in [1.82, 2.24) is 5.32 Å². The first-order valence-electron chi connectivity index (χ1n) is 4.81. The average molecular weight is 167 g/mol. The fourth-order valence-electron chi connectivity index (χ4n) is 2.31. The molecular weight excluding hydrogens is 150 g/mol. The zero-order valence-corrected chi connectivity index (χ0v) is 7.68. The monoisotopic (exact) mass is 167 g/mol. The van der Waals surface area contributed by atoms with Crippen molar-refractivity contribution in [3.63, 3.8) is 0 Å². The topological polar surface area (TPSA) is 21.3 Å². The quantitative estimate of drug-likeness (QED) is 0.629. The smallest absolute Gasteiger partial charge is 0.0646 e. The molecule has 0 aromatic heterocycles. The van der Waals surface area contributed by atoms with Crippen molar-refractivity contribution in [1.29, 1.82) is 0 Å². The standard InChI is InChI=1S/C10H17NO/c1-12-5-4-8-6-9-2-3-10(7-8)11-9/h4,9-11H,2-3,5-7H2,1H3/b8-4-/t9-,10+/m0/s1. The van der Waals surface area contributed by atoms with Crippen molar-refractivity contribution in [2.24, 2.45) is 0 Å². The van der Waals surface area contributed by atoms with Crippen LogP contribution in [-0.2, 0) is 4.74 Å². The minimum absolute atomic E-state index is 0.770. The van der Waals surface area contributed by atoms with Gasteiger partial charge in [-0.05, 0) is 25.7 Å². The Kier molecular flexibility index (Phi) is 2.47. The largest absolute Gasteiger partial charge is 0.381 e. The summed E-state index contributed by atoms with van der Waals surface area (Å²) in [6.07, 6.45) is 7.50. The lowest BCUT2D eigenvalue weighted by Gasteiger charge is -2.23. The minimum Gasteiger partial charge on any atom is -0.381 e. The van der Waals surface area contributed by atoms with E-state index in [1.54, 1.807) is 12.7 Å². The Hall–Kier alpha value is -0.340. The van der Waals surface area contributed by atoms with Gasteiger partial charge in [0.15, 0.2) is 0 Å². The molecule has 2 nitrogen and oxygen atoms in total. The Morgan fingerprint density at radius 1 is 1.42 bits per heavy atom. The maximum absolute atomic E-state index is 5.04. The highest BCUT2D eigenvalue weighted by molar-refractivity contribution is 5.13. The normalized spacial score (nSPS) is 37.6. The van der Waals surface area contributed by atoms with Crippen LogP contribution in [0.1, 0.15) is 25.7 Å². The third-order valence-corrected chi connectivity index (χ3v) is 2.89. The molecule has 0 saturated carbocycles. The van der Waals surface area contributed by atoms with Crippen LogP contribution in [0.25, 0.3) is 0 Å². The Morgan fingerprint density at radius 3 is 2.67 bits per heavy atom. The van der Waals surface area contributed by atoms with Crippen LogP contribution in [0.15, 0.2) is 11.6 Å². The van der Waals surface area contributed by atoms with Gasteiger partial charge in [-0.1, -0.05) is 11.6 Å². The molecule has 0 spiro atoms. The molecule has 2 bridgehead atoms. The Labute approximate surface area is 74.0 Å². The summed E-state index contributed by atoms with van der Waals surface area (Å²) in [6, 6.07) is 1.54. The van der Waals surface area contributed by atoms with E-state index in [-0.39, 0.29) is 0 Å². The van der Waals surface area contributed by atoms with Crippen molar-refractivity contribution in [3.05, 3.63) is 11.6 Å². The highest BCUT2D eigenvalue weighted by Crippen LogP contribution is 2.29. The van der Waals surface area contributed by atoms with Crippen LogP contribution in [-0.4, -0.2) is 25.8 Å². The van der Waals surface area contributed by atoms with Gasteiger partial charge in [-0.15, -0.1) is 0 Å². The number of piperidine rings is 1. The van der Waals surface area contributed by atoms with E-state index in [4.69, 9.17) is 4.74 Å². The van der Waals surface area contributed by atoms with Gasteiger partial charge in [-0.3, -0.25) is 0 Å². The van der Waals surface area contributed by atoms with Crippen LogP contribution in [0.4, 0.5) is 0 Å². The van der Waals surface area contributed by atoms with Gasteiger partial charge in [0, 0.05) is 19.2 Å². The van der Waals surface area contributed by atoms with E-state index in [1.165, 1.54) is 25.7 Å². The maximum atomic E-state index is 5.04. The summed E-state index contributed by atoms with van der Waals surface area (Å²) in [4.78, 5) is 0. The van der Waals surface area contributed by atoms with Gasteiger partial charge in [-0.2, -0.15) is 0 Å². The second kappa shape index (κ2) is 3.58. The van der Waals surface area contributed by atoms with Crippen LogP contribution in [0.3, 0.4) is 0 Å². The number of rotatable bonds is 2. The minimum atomic E-state index is 0.770. The summed E-state index contributed by atoms with van der Waals surface area (Å²) in [6.45, 7) is 0.786. The van der Waals surface area contributed by atoms with Crippen LogP contribution < -0.4 is 5.32 Å². The highest BCUT2D eigenvalue weighted by Gasteiger charge is 2.29. The first-order chi connectivity index (χ1) is 5.88. The number of hydrogen-bond donors (Lipinski definition) is 1. The summed E-state index contributed by atoms with van der Waals surface area (Å²) >= 11 is 0. The van der Waals surface area contributed by atoms with E-state index in [9.17, 15) is 0 Å². The van der Waals surface area contributed by atoms with Gasteiger partial charge in [0.2, 0.25) is 0 Å². The van der Waals surface area contributed by atoms with Gasteiger partial charge in [0.05, 0.1) is 6.61 Å². The molecule has 2 rings (SSSR count). The molecule has 0 aromatic rings. The summed E-state index contributed by atoms with van der Waals surface area (Å²) in [5, 5.41) is 3.62. The number of nitrogens with one attached hydrogen (secondary N) is 1. The third kappa shape index (κ3) is 1.70. The second-order valence-corrected chi connectivity index (χ2v) is 3.86. The van der Waals surface area contributed by atoms with Crippen molar-refractivity contribution in [3.8, 4) is 0 Å². The molecule has 0 radical (unpaired) electrons. The predicted octanol–water partition coefficient (Wildman–Crippen LogP) is 1.47. The van der Waals surface area contributed by atoms with Crippen molar-refractivity contribution in [2.45, 2.75) is 37.8 Å². The molecule has 1 N–H and O–H groups in total. The molecule has 12 heavy (non-hydrogen) atoms. The summed E-state index contributed by atoms with van der Waals surface area (Å²) in [5.74, 6) is 0. The number of methoxy groups -OCH3 is 1. The van der Waals surface area contributed by atoms with Crippen molar-refractivity contribution in [2.75, 3.05) is 13.7 Å². The lowest BCUT2D eigenvalue weighted by atomic mass is 9.99. The van der Waals surface area contributed by atoms with Crippen LogP contribution in [0.2, 0.25) is 0 Å². The predicted molar refractivity (Wildman–Crippen MR) is 49.1 cm³/mol. The fraction of sp³-hybridized carbons (Fsp3) is 0.800. The molecule has 0 aliphatic carbocycles. The summed E-state index contributed by atoms with van der Waals surface area (Å²) < 4.78 is 5.04. The Morgan fingerprint density at radius 2 is 2.08 bits per heavy atom. The van der Waals surface area contributed by atoms with E-state index in [1.807, 2.05) is 0 Å². The molecule has 2 atom stereocenters. The fourth-order valence-corrected chi connectivity index (χ4v) is 2.31. The molecule has 2 heteroatoms. The molecule has 68 valence electrons. The van der Waals surface area contributed by atoms with Crippen LogP contribution in [0, 0.1) is 0 Å². The first kappa shape index (κ1) is 8.27. The molecule has 0 unspecified atom stereocenters. The summed E-state index contributed by atoms with van der Waals surface area (Å²) in [5.41, 5.74) is 1.60. The van der Waals surface area contributed by atoms with E-state index in [2.05, 4.69) is 11.4 Å². The van der Waals surface area contributed by atoms with Crippen molar-refractivity contribution >= 4 is 0 Å². The van der Waals surface area contributed by atoms with Crippen LogP contribution in [0.5, 0.6) is 0 Å². The molecule has 0 amide bonds. The van der Waals surface area contributed by atoms with Gasteiger partial charge in [0.1, 0.15) is 0 Å². The van der Waals surface area contributed by atoms with Gasteiger partial charge in [0.25, 0.3) is 0 Å². The number of fused-ring (bicyclic) bond motifs is 2. The summed E-state index contributed by atoms with van der Waals surface area (Å²) in [7, 11) is 1.76. The molecule has 2 saturated heterocycles. The lowest BCUT2D eigenvalue weighted by molar-refractivity contribution is 0.232. The SMILES string of the molecule is COC/C=C1\C[C@H]2CC[C@@H](C1)N2. The number of ether oxygens (including phenoxy) is 1. The van der Waals surface area contributed by atoms with Gasteiger partial charge >= 0.3 is 0 Å². The van der Waals surface area contributed by atoms with E-state index >= 15 is 0 Å². The van der Waals surface area contributed by atoms with Crippen LogP contribution >= 0.6 is 0 Å². The van der Waals surface area contributed by atoms with Crippen molar-refractivity contribution < 1.29 is 4.74 Å². The van der Waals surface area contributed by atoms with Gasteiger partial charge < -0.3 is 10.1 Å². The Bertz CT molecular complexity index is 174. The Balaban J connectivity index is 1.93. The first-order valence-corrected chi connectivity index (χ1v) is 4.81.